The number of carbonyl (C=O) groups is 1. The molecule has 1 saturated heterocycles. The molecule has 3 aromatic carbocycles. The van der Waals surface area contributed by atoms with E-state index in [1.807, 2.05) is 78.6 Å². The highest BCUT2D eigenvalue weighted by molar-refractivity contribution is 5.96. The summed E-state index contributed by atoms with van der Waals surface area (Å²) in [6.45, 7) is 0.882. The standard InChI is InChI=1S/C27H25N7O/c1-34-24-12-11-20(15-18(24)16-29-34)30-26-21-8-2-3-9-22(21)32-25(33-26)17-6-4-7-19(14-17)31-27(35)23-10-5-13-28-23/h2-4,6-9,11-12,14-16,23,28H,5,10,13H2,1H3,(H,31,35)(H,30,32,33). The number of nitrogens with zero attached hydrogens (tertiary/aromatic N) is 4. The number of hydrogen-bond donors (Lipinski definition) is 3. The molecule has 35 heavy (non-hydrogen) atoms. The maximum atomic E-state index is 12.6. The van der Waals surface area contributed by atoms with Crippen molar-refractivity contribution in [3.8, 4) is 11.4 Å². The molecule has 1 aliphatic heterocycles. The lowest BCUT2D eigenvalue weighted by Gasteiger charge is -2.13. The monoisotopic (exact) mass is 463 g/mol. The number of rotatable bonds is 5. The summed E-state index contributed by atoms with van der Waals surface area (Å²) in [5, 5.41) is 16.0. The predicted molar refractivity (Wildman–Crippen MR) is 139 cm³/mol. The van der Waals surface area contributed by atoms with Gasteiger partial charge in [-0.15, -0.1) is 0 Å². The largest absolute Gasteiger partial charge is 0.340 e. The molecule has 0 spiro atoms. The van der Waals surface area contributed by atoms with E-state index in [4.69, 9.17) is 9.97 Å². The molecular weight excluding hydrogens is 438 g/mol. The van der Waals surface area contributed by atoms with Crippen molar-refractivity contribution >= 4 is 44.9 Å². The van der Waals surface area contributed by atoms with Gasteiger partial charge in [0.2, 0.25) is 5.91 Å². The molecule has 1 aliphatic rings. The lowest BCUT2D eigenvalue weighted by Crippen LogP contribution is -2.35. The third kappa shape index (κ3) is 4.20. The van der Waals surface area contributed by atoms with Crippen molar-refractivity contribution in [1.29, 1.82) is 0 Å². The number of anilines is 3. The fraction of sp³-hybridized carbons (Fsp3) is 0.185. The van der Waals surface area contributed by atoms with Crippen LogP contribution in [0.3, 0.4) is 0 Å². The van der Waals surface area contributed by atoms with Gasteiger partial charge in [0.1, 0.15) is 5.82 Å². The lowest BCUT2D eigenvalue weighted by atomic mass is 10.1. The van der Waals surface area contributed by atoms with Crippen LogP contribution in [0.1, 0.15) is 12.8 Å². The van der Waals surface area contributed by atoms with Crippen molar-refractivity contribution < 1.29 is 4.79 Å². The van der Waals surface area contributed by atoms with Crippen molar-refractivity contribution in [1.82, 2.24) is 25.1 Å². The van der Waals surface area contributed by atoms with Gasteiger partial charge in [0.15, 0.2) is 5.82 Å². The first-order valence-corrected chi connectivity index (χ1v) is 11.7. The highest BCUT2D eigenvalue weighted by atomic mass is 16.2. The van der Waals surface area contributed by atoms with Crippen molar-refractivity contribution in [2.75, 3.05) is 17.2 Å². The van der Waals surface area contributed by atoms with Gasteiger partial charge in [0, 0.05) is 34.8 Å². The number of hydrogen-bond acceptors (Lipinski definition) is 6. The van der Waals surface area contributed by atoms with E-state index < -0.39 is 0 Å². The van der Waals surface area contributed by atoms with E-state index in [0.29, 0.717) is 5.82 Å². The maximum Gasteiger partial charge on any atom is 0.241 e. The first kappa shape index (κ1) is 21.2. The number of aromatic nitrogens is 4. The van der Waals surface area contributed by atoms with Crippen LogP contribution in [0.4, 0.5) is 17.2 Å². The molecule has 1 amide bonds. The van der Waals surface area contributed by atoms with E-state index in [1.165, 1.54) is 0 Å². The van der Waals surface area contributed by atoms with Gasteiger partial charge in [-0.2, -0.15) is 5.10 Å². The zero-order valence-corrected chi connectivity index (χ0v) is 19.3. The number of benzene rings is 3. The summed E-state index contributed by atoms with van der Waals surface area (Å²) in [6, 6.07) is 21.6. The van der Waals surface area contributed by atoms with Crippen LogP contribution >= 0.6 is 0 Å². The molecule has 174 valence electrons. The van der Waals surface area contributed by atoms with Crippen molar-refractivity contribution in [3.05, 3.63) is 72.9 Å². The molecule has 0 radical (unpaired) electrons. The second-order valence-corrected chi connectivity index (χ2v) is 8.80. The predicted octanol–water partition coefficient (Wildman–Crippen LogP) is 4.62. The Bertz CT molecular complexity index is 1550. The third-order valence-corrected chi connectivity index (χ3v) is 6.38. The van der Waals surface area contributed by atoms with E-state index in [1.54, 1.807) is 0 Å². The highest BCUT2D eigenvalue weighted by Gasteiger charge is 2.22. The minimum absolute atomic E-state index is 0.00719. The summed E-state index contributed by atoms with van der Waals surface area (Å²) in [4.78, 5) is 22.3. The zero-order chi connectivity index (χ0) is 23.8. The Morgan fingerprint density at radius 2 is 1.94 bits per heavy atom. The summed E-state index contributed by atoms with van der Waals surface area (Å²) >= 11 is 0. The molecule has 1 unspecified atom stereocenters. The van der Waals surface area contributed by atoms with E-state index in [9.17, 15) is 4.79 Å². The van der Waals surface area contributed by atoms with Gasteiger partial charge >= 0.3 is 0 Å². The average Bonchev–Trinajstić information content (AvgIpc) is 3.55. The van der Waals surface area contributed by atoms with Crippen LogP contribution in [-0.2, 0) is 11.8 Å². The van der Waals surface area contributed by atoms with Crippen LogP contribution in [-0.4, -0.2) is 38.2 Å². The van der Waals surface area contributed by atoms with Crippen LogP contribution in [0.2, 0.25) is 0 Å². The first-order valence-electron chi connectivity index (χ1n) is 11.7. The van der Waals surface area contributed by atoms with Gasteiger partial charge in [0.25, 0.3) is 0 Å². The van der Waals surface area contributed by atoms with Crippen LogP contribution < -0.4 is 16.0 Å². The highest BCUT2D eigenvalue weighted by Crippen LogP contribution is 2.29. The lowest BCUT2D eigenvalue weighted by molar-refractivity contribution is -0.117. The SMILES string of the molecule is Cn1ncc2cc(Nc3nc(-c4cccc(NC(=O)C5CCCN5)c4)nc4ccccc34)ccc21. The maximum absolute atomic E-state index is 12.6. The van der Waals surface area contributed by atoms with Gasteiger partial charge in [0.05, 0.1) is 23.3 Å². The molecule has 0 aliphatic carbocycles. The normalized spacial score (nSPS) is 15.5. The summed E-state index contributed by atoms with van der Waals surface area (Å²) in [5.41, 5.74) is 4.39. The third-order valence-electron chi connectivity index (χ3n) is 6.38. The summed E-state index contributed by atoms with van der Waals surface area (Å²) in [7, 11) is 1.93. The molecule has 3 heterocycles. The first-order chi connectivity index (χ1) is 17.1. The summed E-state index contributed by atoms with van der Waals surface area (Å²) in [5.74, 6) is 1.30. The molecule has 1 atom stereocenters. The fourth-order valence-electron chi connectivity index (χ4n) is 4.55. The Labute approximate surface area is 202 Å². The van der Waals surface area contributed by atoms with Crippen LogP contribution in [0.15, 0.2) is 72.9 Å². The van der Waals surface area contributed by atoms with Gasteiger partial charge in [-0.05, 0) is 61.9 Å². The van der Waals surface area contributed by atoms with E-state index in [-0.39, 0.29) is 11.9 Å². The van der Waals surface area contributed by atoms with Gasteiger partial charge in [-0.25, -0.2) is 9.97 Å². The smallest absolute Gasteiger partial charge is 0.241 e. The summed E-state index contributed by atoms with van der Waals surface area (Å²) < 4.78 is 1.85. The van der Waals surface area contributed by atoms with Crippen molar-refractivity contribution in [3.63, 3.8) is 0 Å². The number of amides is 1. The van der Waals surface area contributed by atoms with E-state index in [0.717, 1.165) is 63.9 Å². The topological polar surface area (TPSA) is 96.8 Å². The number of aryl methyl sites for hydroxylation is 1. The average molecular weight is 464 g/mol. The fourth-order valence-corrected chi connectivity index (χ4v) is 4.55. The van der Waals surface area contributed by atoms with E-state index in [2.05, 4.69) is 27.1 Å². The van der Waals surface area contributed by atoms with Gasteiger partial charge in [-0.3, -0.25) is 9.48 Å². The second-order valence-electron chi connectivity index (χ2n) is 8.80. The molecule has 8 heteroatoms. The number of carbonyl (C=O) groups excluding carboxylic acids is 1. The second kappa shape index (κ2) is 8.81. The minimum Gasteiger partial charge on any atom is -0.340 e. The van der Waals surface area contributed by atoms with Crippen LogP contribution in [0.5, 0.6) is 0 Å². The summed E-state index contributed by atoms with van der Waals surface area (Å²) in [6.07, 6.45) is 3.73. The Hall–Kier alpha value is -4.30. The number of para-hydroxylation sites is 1. The molecule has 5 aromatic rings. The van der Waals surface area contributed by atoms with Gasteiger partial charge < -0.3 is 16.0 Å². The molecule has 0 bridgehead atoms. The molecular formula is C27H25N7O. The van der Waals surface area contributed by atoms with Gasteiger partial charge in [-0.1, -0.05) is 24.3 Å². The molecule has 6 rings (SSSR count). The van der Waals surface area contributed by atoms with E-state index >= 15 is 0 Å². The Balaban J connectivity index is 1.35. The number of nitrogens with one attached hydrogen (secondary N) is 3. The quantitative estimate of drug-likeness (QED) is 0.352. The van der Waals surface area contributed by atoms with Crippen molar-refractivity contribution in [2.24, 2.45) is 7.05 Å². The number of fused-ring (bicyclic) bond motifs is 2. The van der Waals surface area contributed by atoms with Crippen LogP contribution in [0, 0.1) is 0 Å². The Morgan fingerprint density at radius 1 is 1.03 bits per heavy atom. The minimum atomic E-state index is -0.136. The molecule has 3 N–H and O–H groups in total. The van der Waals surface area contributed by atoms with Crippen LogP contribution in [0.25, 0.3) is 33.2 Å². The molecule has 8 nitrogen and oxygen atoms in total. The Kier molecular flexibility index (Phi) is 5.35. The molecule has 0 saturated carbocycles. The molecule has 2 aromatic heterocycles. The van der Waals surface area contributed by atoms with Crippen molar-refractivity contribution in [2.45, 2.75) is 18.9 Å². The molecule has 1 fully saturated rings. The zero-order valence-electron chi connectivity index (χ0n) is 19.3. The Morgan fingerprint density at radius 3 is 2.83 bits per heavy atom.